The van der Waals surface area contributed by atoms with E-state index in [1.165, 1.54) is 32.1 Å². The number of carbonyl (C=O) groups is 2. The van der Waals surface area contributed by atoms with Crippen LogP contribution in [0.4, 0.5) is 4.79 Å². The molecule has 2 unspecified atom stereocenters. The van der Waals surface area contributed by atoms with Gasteiger partial charge in [-0.15, -0.1) is 0 Å². The largest absolute Gasteiger partial charge is 0.343 e. The fourth-order valence-corrected chi connectivity index (χ4v) is 3.82. The maximum atomic E-state index is 12.5. The quantitative estimate of drug-likeness (QED) is 0.775. The average molecular weight is 335 g/mol. The number of guanidine groups is 1. The van der Waals surface area contributed by atoms with Crippen LogP contribution in [0.5, 0.6) is 0 Å². The Kier molecular flexibility index (Phi) is 5.26. The highest BCUT2D eigenvalue weighted by atomic mass is 16.2. The van der Waals surface area contributed by atoms with Gasteiger partial charge in [-0.25, -0.2) is 9.79 Å². The minimum absolute atomic E-state index is 0.214. The third-order valence-electron chi connectivity index (χ3n) is 5.23. The summed E-state index contributed by atoms with van der Waals surface area (Å²) in [6, 6.07) is -0.734. The second-order valence-corrected chi connectivity index (χ2v) is 6.99. The van der Waals surface area contributed by atoms with Crippen molar-refractivity contribution in [1.82, 2.24) is 20.0 Å². The zero-order chi connectivity index (χ0) is 17.1. The van der Waals surface area contributed by atoms with Gasteiger partial charge in [0, 0.05) is 26.7 Å². The van der Waals surface area contributed by atoms with Gasteiger partial charge in [0.1, 0.15) is 0 Å². The van der Waals surface area contributed by atoms with Gasteiger partial charge in [0.25, 0.3) is 5.91 Å². The third kappa shape index (κ3) is 3.21. The van der Waals surface area contributed by atoms with Gasteiger partial charge in [0.05, 0.1) is 0 Å². The highest BCUT2D eigenvalue weighted by Gasteiger charge is 2.49. The second-order valence-electron chi connectivity index (χ2n) is 6.99. The summed E-state index contributed by atoms with van der Waals surface area (Å²) in [7, 11) is 1.72. The molecular formula is C17H29N5O2. The van der Waals surface area contributed by atoms with Crippen molar-refractivity contribution >= 4 is 17.9 Å². The van der Waals surface area contributed by atoms with Crippen LogP contribution in [0.25, 0.3) is 0 Å². The lowest BCUT2D eigenvalue weighted by Gasteiger charge is -2.38. The normalized spacial score (nSPS) is 27.2. The molecule has 2 fully saturated rings. The Morgan fingerprint density at radius 3 is 2.58 bits per heavy atom. The molecule has 0 saturated carbocycles. The molecular weight excluding hydrogens is 306 g/mol. The fourth-order valence-electron chi connectivity index (χ4n) is 3.82. The van der Waals surface area contributed by atoms with E-state index in [0.29, 0.717) is 0 Å². The molecule has 2 atom stereocenters. The Hall–Kier alpha value is -1.79. The number of imide groups is 1. The molecule has 3 aliphatic rings. The van der Waals surface area contributed by atoms with E-state index in [2.05, 4.69) is 22.0 Å². The maximum Gasteiger partial charge on any atom is 0.325 e. The van der Waals surface area contributed by atoms with Crippen LogP contribution in [0, 0.1) is 0 Å². The van der Waals surface area contributed by atoms with Gasteiger partial charge in [-0.2, -0.15) is 0 Å². The number of amides is 3. The molecule has 0 aromatic carbocycles. The summed E-state index contributed by atoms with van der Waals surface area (Å²) >= 11 is 0. The van der Waals surface area contributed by atoms with E-state index in [1.54, 1.807) is 11.9 Å². The molecule has 1 N–H and O–H groups in total. The number of carbonyl (C=O) groups excluding carboxylic acids is 2. The number of piperidine rings is 1. The number of likely N-dealkylation sites (N-methyl/N-ethyl adjacent to an activating group) is 1. The molecule has 0 spiro atoms. The van der Waals surface area contributed by atoms with Crippen molar-refractivity contribution in [2.75, 3.05) is 26.7 Å². The van der Waals surface area contributed by atoms with Crippen molar-refractivity contribution in [3.8, 4) is 0 Å². The van der Waals surface area contributed by atoms with Crippen LogP contribution in [-0.4, -0.2) is 71.5 Å². The molecule has 0 aliphatic carbocycles. The van der Waals surface area contributed by atoms with E-state index >= 15 is 0 Å². The van der Waals surface area contributed by atoms with Crippen molar-refractivity contribution in [1.29, 1.82) is 0 Å². The van der Waals surface area contributed by atoms with Crippen LogP contribution in [0.15, 0.2) is 4.99 Å². The Morgan fingerprint density at radius 2 is 1.88 bits per heavy atom. The zero-order valence-corrected chi connectivity index (χ0v) is 14.8. The minimum atomic E-state index is -0.394. The van der Waals surface area contributed by atoms with Crippen molar-refractivity contribution in [3.63, 3.8) is 0 Å². The van der Waals surface area contributed by atoms with Crippen LogP contribution in [-0.2, 0) is 4.79 Å². The molecule has 3 aliphatic heterocycles. The van der Waals surface area contributed by atoms with Gasteiger partial charge in [-0.3, -0.25) is 10.1 Å². The number of hydrogen-bond acceptors (Lipinski definition) is 5. The molecule has 2 saturated heterocycles. The number of urea groups is 1. The van der Waals surface area contributed by atoms with Crippen LogP contribution >= 0.6 is 0 Å². The van der Waals surface area contributed by atoms with Gasteiger partial charge >= 0.3 is 6.03 Å². The predicted octanol–water partition coefficient (Wildman–Crippen LogP) is 1.60. The summed E-state index contributed by atoms with van der Waals surface area (Å²) in [5.41, 5.74) is 0. The molecule has 0 aromatic rings. The van der Waals surface area contributed by atoms with Crippen LogP contribution in [0.3, 0.4) is 0 Å². The number of rotatable bonds is 5. The van der Waals surface area contributed by atoms with Gasteiger partial charge in [-0.1, -0.05) is 26.2 Å². The van der Waals surface area contributed by atoms with Crippen molar-refractivity contribution in [2.45, 2.75) is 64.1 Å². The summed E-state index contributed by atoms with van der Waals surface area (Å²) in [5.74, 6) is 0.701. The molecule has 0 radical (unpaired) electrons. The Bertz CT molecular complexity index is 515. The number of fused-ring (bicyclic) bond motifs is 1. The molecule has 24 heavy (non-hydrogen) atoms. The van der Waals surface area contributed by atoms with E-state index in [-0.39, 0.29) is 18.0 Å². The number of nitrogens with zero attached hydrogens (tertiary/aromatic N) is 4. The molecule has 3 heterocycles. The zero-order valence-electron chi connectivity index (χ0n) is 14.8. The number of nitrogens with one attached hydrogen (secondary N) is 1. The predicted molar refractivity (Wildman–Crippen MR) is 92.6 cm³/mol. The van der Waals surface area contributed by atoms with E-state index < -0.39 is 6.17 Å². The number of aliphatic imine (C=N–C) groups is 1. The maximum absolute atomic E-state index is 12.5. The van der Waals surface area contributed by atoms with Crippen LogP contribution < -0.4 is 5.32 Å². The molecule has 3 rings (SSSR count). The number of unbranched alkanes of at least 4 members (excludes halogenated alkanes) is 3. The Labute approximate surface area is 144 Å². The summed E-state index contributed by atoms with van der Waals surface area (Å²) in [5, 5.41) is 2.47. The molecule has 0 aromatic heterocycles. The SMILES string of the molecule is CCCCCCN1C(N2CCCCC2)=NC2C1C(=O)NC(=O)N2C. The summed E-state index contributed by atoms with van der Waals surface area (Å²) < 4.78 is 0. The van der Waals surface area contributed by atoms with E-state index in [4.69, 9.17) is 4.99 Å². The Morgan fingerprint density at radius 1 is 1.12 bits per heavy atom. The van der Waals surface area contributed by atoms with Crippen LogP contribution in [0.2, 0.25) is 0 Å². The molecule has 7 nitrogen and oxygen atoms in total. The van der Waals surface area contributed by atoms with E-state index in [1.807, 2.05) is 0 Å². The summed E-state index contributed by atoms with van der Waals surface area (Å²) in [6.07, 6.45) is 7.81. The van der Waals surface area contributed by atoms with Gasteiger partial charge in [-0.05, 0) is 25.7 Å². The van der Waals surface area contributed by atoms with Crippen molar-refractivity contribution < 1.29 is 9.59 Å². The lowest BCUT2D eigenvalue weighted by Crippen LogP contribution is -2.64. The summed E-state index contributed by atoms with van der Waals surface area (Å²) in [4.78, 5) is 35.2. The number of hydrogen-bond donors (Lipinski definition) is 1. The highest BCUT2D eigenvalue weighted by molar-refractivity contribution is 6.03. The first-order chi connectivity index (χ1) is 11.6. The standard InChI is InChI=1S/C17H29N5O2/c1-3-4-5-9-12-22-13-14(20(2)17(24)19-15(13)23)18-16(22)21-10-7-6-8-11-21/h13-14H,3-12H2,1-2H3,(H,19,23,24). The topological polar surface area (TPSA) is 68.2 Å². The smallest absolute Gasteiger partial charge is 0.325 e. The molecule has 0 bridgehead atoms. The van der Waals surface area contributed by atoms with Gasteiger partial charge < -0.3 is 14.7 Å². The number of likely N-dealkylation sites (tertiary alicyclic amines) is 1. The summed E-state index contributed by atoms with van der Waals surface area (Å²) in [6.45, 7) is 5.00. The Balaban J connectivity index is 1.79. The molecule has 7 heteroatoms. The third-order valence-corrected chi connectivity index (χ3v) is 5.23. The second kappa shape index (κ2) is 7.40. The monoisotopic (exact) mass is 335 g/mol. The van der Waals surface area contributed by atoms with Crippen molar-refractivity contribution in [3.05, 3.63) is 0 Å². The fraction of sp³-hybridized carbons (Fsp3) is 0.824. The lowest BCUT2D eigenvalue weighted by molar-refractivity contribution is -0.127. The average Bonchev–Trinajstić information content (AvgIpc) is 2.98. The first-order valence-corrected chi connectivity index (χ1v) is 9.30. The highest BCUT2D eigenvalue weighted by Crippen LogP contribution is 2.27. The lowest BCUT2D eigenvalue weighted by atomic mass is 10.1. The van der Waals surface area contributed by atoms with E-state index in [9.17, 15) is 9.59 Å². The molecule has 134 valence electrons. The van der Waals surface area contributed by atoms with Gasteiger partial charge in [0.2, 0.25) is 0 Å². The van der Waals surface area contributed by atoms with Gasteiger partial charge in [0.15, 0.2) is 18.2 Å². The first kappa shape index (κ1) is 17.0. The first-order valence-electron chi connectivity index (χ1n) is 9.30. The molecule has 3 amide bonds. The van der Waals surface area contributed by atoms with E-state index in [0.717, 1.165) is 38.4 Å². The van der Waals surface area contributed by atoms with Crippen LogP contribution in [0.1, 0.15) is 51.9 Å². The minimum Gasteiger partial charge on any atom is -0.343 e. The van der Waals surface area contributed by atoms with Crippen molar-refractivity contribution in [2.24, 2.45) is 4.99 Å².